The van der Waals surface area contributed by atoms with Gasteiger partial charge in [-0.3, -0.25) is 4.79 Å². The second kappa shape index (κ2) is 22.0. The second-order valence-electron chi connectivity index (χ2n) is 11.3. The SMILES string of the molecule is CCCCCCCCCC(CCCCCCCC1CC1CCCCCCCC)CC(=O)NC. The van der Waals surface area contributed by atoms with E-state index in [0.29, 0.717) is 5.92 Å². The fraction of sp³-hybridized carbons (Fsp3) is 0.968. The van der Waals surface area contributed by atoms with Gasteiger partial charge in [-0.05, 0) is 37.0 Å². The Labute approximate surface area is 208 Å². The summed E-state index contributed by atoms with van der Waals surface area (Å²) in [6.07, 6.45) is 33.0. The molecule has 1 aliphatic carbocycles. The van der Waals surface area contributed by atoms with E-state index in [4.69, 9.17) is 0 Å². The quantitative estimate of drug-likeness (QED) is 0.134. The largest absolute Gasteiger partial charge is 0.359 e. The molecule has 0 aromatic heterocycles. The number of carbonyl (C=O) groups excluding carboxylic acids is 1. The van der Waals surface area contributed by atoms with Crippen LogP contribution in [0, 0.1) is 17.8 Å². The van der Waals surface area contributed by atoms with Crippen LogP contribution in [0.4, 0.5) is 0 Å². The Kier molecular flexibility index (Phi) is 20.3. The Morgan fingerprint density at radius 2 is 1.03 bits per heavy atom. The van der Waals surface area contributed by atoms with E-state index in [1.54, 1.807) is 7.05 Å². The Balaban J connectivity index is 1.97. The lowest BCUT2D eigenvalue weighted by Gasteiger charge is -2.16. The van der Waals surface area contributed by atoms with Gasteiger partial charge in [0, 0.05) is 13.5 Å². The third-order valence-corrected chi connectivity index (χ3v) is 8.15. The van der Waals surface area contributed by atoms with Gasteiger partial charge in [-0.1, -0.05) is 142 Å². The van der Waals surface area contributed by atoms with Crippen LogP contribution >= 0.6 is 0 Å². The molecular weight excluding hydrogens is 402 g/mol. The van der Waals surface area contributed by atoms with Crippen LogP contribution in [0.3, 0.4) is 0 Å². The number of amides is 1. The number of nitrogens with one attached hydrogen (secondary N) is 1. The number of unbranched alkanes of at least 4 members (excludes halogenated alkanes) is 15. The molecule has 3 unspecified atom stereocenters. The highest BCUT2D eigenvalue weighted by molar-refractivity contribution is 5.75. The van der Waals surface area contributed by atoms with Crippen LogP contribution in [0.1, 0.15) is 168 Å². The maximum Gasteiger partial charge on any atom is 0.220 e. The number of rotatable bonds is 25. The fourth-order valence-electron chi connectivity index (χ4n) is 5.68. The lowest BCUT2D eigenvalue weighted by atomic mass is 9.91. The summed E-state index contributed by atoms with van der Waals surface area (Å²) < 4.78 is 0. The molecule has 0 spiro atoms. The highest BCUT2D eigenvalue weighted by Crippen LogP contribution is 2.45. The maximum atomic E-state index is 11.9. The zero-order chi connectivity index (χ0) is 24.0. The van der Waals surface area contributed by atoms with Crippen molar-refractivity contribution in [1.82, 2.24) is 5.32 Å². The highest BCUT2D eigenvalue weighted by Gasteiger charge is 2.34. The molecule has 0 aromatic carbocycles. The van der Waals surface area contributed by atoms with E-state index in [-0.39, 0.29) is 5.91 Å². The number of hydrogen-bond donors (Lipinski definition) is 1. The lowest BCUT2D eigenvalue weighted by molar-refractivity contribution is -0.121. The average molecular weight is 464 g/mol. The van der Waals surface area contributed by atoms with E-state index in [1.165, 1.54) is 148 Å². The van der Waals surface area contributed by atoms with Gasteiger partial charge < -0.3 is 5.32 Å². The first-order valence-corrected chi connectivity index (χ1v) is 15.4. The van der Waals surface area contributed by atoms with Crippen LogP contribution < -0.4 is 5.32 Å². The molecule has 33 heavy (non-hydrogen) atoms. The van der Waals surface area contributed by atoms with Crippen LogP contribution in [0.25, 0.3) is 0 Å². The van der Waals surface area contributed by atoms with E-state index < -0.39 is 0 Å². The zero-order valence-corrected chi connectivity index (χ0v) is 23.1. The molecule has 0 aromatic rings. The second-order valence-corrected chi connectivity index (χ2v) is 11.3. The Morgan fingerprint density at radius 3 is 1.45 bits per heavy atom. The molecule has 0 aliphatic heterocycles. The van der Waals surface area contributed by atoms with E-state index in [2.05, 4.69) is 19.2 Å². The van der Waals surface area contributed by atoms with Crippen molar-refractivity contribution in [2.24, 2.45) is 17.8 Å². The topological polar surface area (TPSA) is 29.1 Å². The van der Waals surface area contributed by atoms with Crippen molar-refractivity contribution in [3.8, 4) is 0 Å². The predicted octanol–water partition coefficient (Wildman–Crippen LogP) is 10.00. The molecule has 1 rings (SSSR count). The van der Waals surface area contributed by atoms with Gasteiger partial charge in [0.1, 0.15) is 0 Å². The van der Waals surface area contributed by atoms with Crippen LogP contribution in [0.15, 0.2) is 0 Å². The van der Waals surface area contributed by atoms with Crippen molar-refractivity contribution in [3.63, 3.8) is 0 Å². The summed E-state index contributed by atoms with van der Waals surface area (Å²) in [5.74, 6) is 3.02. The number of hydrogen-bond acceptors (Lipinski definition) is 1. The molecule has 0 saturated heterocycles. The van der Waals surface area contributed by atoms with Crippen molar-refractivity contribution < 1.29 is 4.79 Å². The first-order valence-electron chi connectivity index (χ1n) is 15.4. The van der Waals surface area contributed by atoms with Crippen molar-refractivity contribution in [1.29, 1.82) is 0 Å². The molecule has 196 valence electrons. The van der Waals surface area contributed by atoms with E-state index in [0.717, 1.165) is 18.3 Å². The molecule has 3 atom stereocenters. The smallest absolute Gasteiger partial charge is 0.220 e. The molecule has 1 N–H and O–H groups in total. The standard InChI is InChI=1S/C31H61NO/c1-4-6-8-10-12-14-18-22-28(26-31(33)32-3)23-19-15-13-17-21-25-30-27-29(30)24-20-16-11-9-7-5-2/h28-30H,4-27H2,1-3H3,(H,32,33). The van der Waals surface area contributed by atoms with Gasteiger partial charge >= 0.3 is 0 Å². The van der Waals surface area contributed by atoms with Gasteiger partial charge in [0.2, 0.25) is 5.91 Å². The summed E-state index contributed by atoms with van der Waals surface area (Å²) in [6.45, 7) is 4.58. The van der Waals surface area contributed by atoms with Crippen LogP contribution in [-0.4, -0.2) is 13.0 Å². The Bertz CT molecular complexity index is 435. The van der Waals surface area contributed by atoms with Gasteiger partial charge in [-0.15, -0.1) is 0 Å². The zero-order valence-electron chi connectivity index (χ0n) is 23.1. The molecule has 2 heteroatoms. The summed E-state index contributed by atoms with van der Waals surface area (Å²) in [5.41, 5.74) is 0. The minimum atomic E-state index is 0.239. The van der Waals surface area contributed by atoms with E-state index in [1.807, 2.05) is 0 Å². The summed E-state index contributed by atoms with van der Waals surface area (Å²) in [6, 6.07) is 0. The third-order valence-electron chi connectivity index (χ3n) is 8.15. The van der Waals surface area contributed by atoms with E-state index in [9.17, 15) is 4.79 Å². The minimum absolute atomic E-state index is 0.239. The first-order chi connectivity index (χ1) is 16.2. The van der Waals surface area contributed by atoms with Gasteiger partial charge in [-0.25, -0.2) is 0 Å². The van der Waals surface area contributed by atoms with Crippen LogP contribution in [-0.2, 0) is 4.79 Å². The predicted molar refractivity (Wildman–Crippen MR) is 147 cm³/mol. The molecule has 2 nitrogen and oxygen atoms in total. The molecule has 1 fully saturated rings. The van der Waals surface area contributed by atoms with Crippen molar-refractivity contribution in [2.75, 3.05) is 7.05 Å². The Hall–Kier alpha value is -0.530. The van der Waals surface area contributed by atoms with Gasteiger partial charge in [0.05, 0.1) is 0 Å². The summed E-state index contributed by atoms with van der Waals surface area (Å²) in [5, 5.41) is 2.84. The lowest BCUT2D eigenvalue weighted by Crippen LogP contribution is -2.21. The normalized spacial score (nSPS) is 18.4. The van der Waals surface area contributed by atoms with Crippen molar-refractivity contribution >= 4 is 5.91 Å². The van der Waals surface area contributed by atoms with Gasteiger partial charge in [-0.2, -0.15) is 0 Å². The summed E-state index contributed by atoms with van der Waals surface area (Å²) in [7, 11) is 1.78. The molecule has 0 radical (unpaired) electrons. The molecule has 1 saturated carbocycles. The maximum absolute atomic E-state index is 11.9. The Morgan fingerprint density at radius 1 is 0.636 bits per heavy atom. The first kappa shape index (κ1) is 30.5. The third kappa shape index (κ3) is 18.5. The van der Waals surface area contributed by atoms with Crippen LogP contribution in [0.2, 0.25) is 0 Å². The molecule has 1 aliphatic rings. The van der Waals surface area contributed by atoms with E-state index >= 15 is 0 Å². The van der Waals surface area contributed by atoms with Crippen molar-refractivity contribution in [3.05, 3.63) is 0 Å². The molecular formula is C31H61NO. The number of carbonyl (C=O) groups is 1. The van der Waals surface area contributed by atoms with Crippen molar-refractivity contribution in [2.45, 2.75) is 168 Å². The summed E-state index contributed by atoms with van der Waals surface area (Å²) in [4.78, 5) is 11.9. The monoisotopic (exact) mass is 463 g/mol. The average Bonchev–Trinajstić information content (AvgIpc) is 3.57. The van der Waals surface area contributed by atoms with Crippen LogP contribution in [0.5, 0.6) is 0 Å². The summed E-state index contributed by atoms with van der Waals surface area (Å²) >= 11 is 0. The molecule has 0 heterocycles. The van der Waals surface area contributed by atoms with Gasteiger partial charge in [0.25, 0.3) is 0 Å². The minimum Gasteiger partial charge on any atom is -0.359 e. The molecule has 1 amide bonds. The molecule has 0 bridgehead atoms. The fourth-order valence-corrected chi connectivity index (χ4v) is 5.68. The highest BCUT2D eigenvalue weighted by atomic mass is 16.1. The van der Waals surface area contributed by atoms with Gasteiger partial charge in [0.15, 0.2) is 0 Å².